The Hall–Kier alpha value is -1.55. The van der Waals surface area contributed by atoms with Crippen LogP contribution in [-0.4, -0.2) is 18.6 Å². The molecular formula is C13H20N2O2. The minimum atomic E-state index is -0.485. The molecule has 0 aromatic heterocycles. The molecular weight excluding hydrogens is 216 g/mol. The van der Waals surface area contributed by atoms with E-state index < -0.39 is 6.04 Å². The fourth-order valence-electron chi connectivity index (χ4n) is 1.33. The molecule has 4 nitrogen and oxygen atoms in total. The van der Waals surface area contributed by atoms with Crippen LogP contribution < -0.4 is 15.8 Å². The maximum absolute atomic E-state index is 11.7. The van der Waals surface area contributed by atoms with E-state index in [-0.39, 0.29) is 11.8 Å². The van der Waals surface area contributed by atoms with Crippen LogP contribution in [0.5, 0.6) is 5.75 Å². The molecule has 0 aliphatic rings. The van der Waals surface area contributed by atoms with Crippen LogP contribution in [0.1, 0.15) is 20.8 Å². The van der Waals surface area contributed by atoms with E-state index in [1.807, 2.05) is 32.9 Å². The van der Waals surface area contributed by atoms with Crippen molar-refractivity contribution in [3.8, 4) is 5.75 Å². The lowest BCUT2D eigenvalue weighted by molar-refractivity contribution is -0.118. The molecule has 0 unspecified atom stereocenters. The van der Waals surface area contributed by atoms with Crippen LogP contribution in [0.15, 0.2) is 24.3 Å². The lowest BCUT2D eigenvalue weighted by Gasteiger charge is -2.15. The van der Waals surface area contributed by atoms with Gasteiger partial charge in [0.2, 0.25) is 5.91 Å². The van der Waals surface area contributed by atoms with E-state index in [9.17, 15) is 4.79 Å². The van der Waals surface area contributed by atoms with E-state index >= 15 is 0 Å². The Bertz CT molecular complexity index is 360. The maximum Gasteiger partial charge on any atom is 0.241 e. The molecule has 0 aliphatic carbocycles. The van der Waals surface area contributed by atoms with E-state index in [0.29, 0.717) is 6.61 Å². The molecule has 3 N–H and O–H groups in total. The summed E-state index contributed by atoms with van der Waals surface area (Å²) >= 11 is 0. The van der Waals surface area contributed by atoms with Gasteiger partial charge in [0.1, 0.15) is 5.75 Å². The SMILES string of the molecule is CCOc1ccc(NC(=O)[C@H](N)C(C)C)cc1. The number of rotatable bonds is 5. The zero-order valence-corrected chi connectivity index (χ0v) is 10.6. The van der Waals surface area contributed by atoms with Gasteiger partial charge in [0.25, 0.3) is 0 Å². The van der Waals surface area contributed by atoms with Gasteiger partial charge in [0.05, 0.1) is 12.6 Å². The van der Waals surface area contributed by atoms with Crippen LogP contribution in [0.25, 0.3) is 0 Å². The summed E-state index contributed by atoms with van der Waals surface area (Å²) in [6.07, 6.45) is 0. The van der Waals surface area contributed by atoms with E-state index in [0.717, 1.165) is 11.4 Å². The molecule has 0 aliphatic heterocycles. The molecule has 1 rings (SSSR count). The first-order valence-electron chi connectivity index (χ1n) is 5.84. The van der Waals surface area contributed by atoms with Crippen molar-refractivity contribution in [3.63, 3.8) is 0 Å². The van der Waals surface area contributed by atoms with Gasteiger partial charge in [-0.3, -0.25) is 4.79 Å². The van der Waals surface area contributed by atoms with Crippen molar-refractivity contribution < 1.29 is 9.53 Å². The zero-order valence-electron chi connectivity index (χ0n) is 10.6. The monoisotopic (exact) mass is 236 g/mol. The van der Waals surface area contributed by atoms with Gasteiger partial charge in [-0.2, -0.15) is 0 Å². The van der Waals surface area contributed by atoms with Gasteiger partial charge in [-0.15, -0.1) is 0 Å². The highest BCUT2D eigenvalue weighted by Gasteiger charge is 2.16. The molecule has 0 heterocycles. The predicted molar refractivity (Wildman–Crippen MR) is 69.1 cm³/mol. The van der Waals surface area contributed by atoms with Crippen LogP contribution in [0.3, 0.4) is 0 Å². The molecule has 0 saturated heterocycles. The smallest absolute Gasteiger partial charge is 0.241 e. The Kier molecular flexibility index (Phi) is 4.97. The van der Waals surface area contributed by atoms with Crippen LogP contribution >= 0.6 is 0 Å². The normalized spacial score (nSPS) is 12.3. The van der Waals surface area contributed by atoms with Gasteiger partial charge in [-0.1, -0.05) is 13.8 Å². The minimum Gasteiger partial charge on any atom is -0.494 e. The molecule has 1 aromatic rings. The third-order valence-electron chi connectivity index (χ3n) is 2.45. The van der Waals surface area contributed by atoms with Crippen molar-refractivity contribution in [2.75, 3.05) is 11.9 Å². The first kappa shape index (κ1) is 13.5. The molecule has 0 saturated carbocycles. The number of anilines is 1. The molecule has 4 heteroatoms. The van der Waals surface area contributed by atoms with E-state index in [4.69, 9.17) is 10.5 Å². The van der Waals surface area contributed by atoms with E-state index in [1.165, 1.54) is 0 Å². The lowest BCUT2D eigenvalue weighted by atomic mass is 10.1. The number of nitrogens with two attached hydrogens (primary N) is 1. The van der Waals surface area contributed by atoms with Crippen LogP contribution in [0.4, 0.5) is 5.69 Å². The Balaban J connectivity index is 2.60. The molecule has 0 fully saturated rings. The Morgan fingerprint density at radius 2 is 1.94 bits per heavy atom. The zero-order chi connectivity index (χ0) is 12.8. The van der Waals surface area contributed by atoms with Crippen LogP contribution in [0.2, 0.25) is 0 Å². The number of ether oxygens (including phenoxy) is 1. The average Bonchev–Trinajstić information content (AvgIpc) is 2.30. The van der Waals surface area contributed by atoms with Crippen molar-refractivity contribution in [2.24, 2.45) is 11.7 Å². The summed E-state index contributed by atoms with van der Waals surface area (Å²) in [5, 5.41) is 2.77. The first-order valence-corrected chi connectivity index (χ1v) is 5.84. The van der Waals surface area contributed by atoms with E-state index in [2.05, 4.69) is 5.32 Å². The van der Waals surface area contributed by atoms with Crippen molar-refractivity contribution in [1.82, 2.24) is 0 Å². The van der Waals surface area contributed by atoms with Gasteiger partial charge in [-0.25, -0.2) is 0 Å². The molecule has 0 spiro atoms. The quantitative estimate of drug-likeness (QED) is 0.822. The van der Waals surface area contributed by atoms with Gasteiger partial charge in [-0.05, 0) is 37.1 Å². The number of hydrogen-bond acceptors (Lipinski definition) is 3. The van der Waals surface area contributed by atoms with Gasteiger partial charge in [0, 0.05) is 5.69 Å². The van der Waals surface area contributed by atoms with Crippen LogP contribution in [-0.2, 0) is 4.79 Å². The summed E-state index contributed by atoms with van der Waals surface area (Å²) in [7, 11) is 0. The number of benzene rings is 1. The van der Waals surface area contributed by atoms with Gasteiger partial charge in [0.15, 0.2) is 0 Å². The fraction of sp³-hybridized carbons (Fsp3) is 0.462. The highest BCUT2D eigenvalue weighted by molar-refractivity contribution is 5.94. The van der Waals surface area contributed by atoms with Crippen molar-refractivity contribution >= 4 is 11.6 Å². The third kappa shape index (κ3) is 4.07. The topological polar surface area (TPSA) is 64.3 Å². The Morgan fingerprint density at radius 1 is 1.35 bits per heavy atom. The number of amides is 1. The minimum absolute atomic E-state index is 0.123. The Morgan fingerprint density at radius 3 is 2.41 bits per heavy atom. The maximum atomic E-state index is 11.7. The summed E-state index contributed by atoms with van der Waals surface area (Å²) in [5.74, 6) is 0.750. The number of hydrogen-bond donors (Lipinski definition) is 2. The lowest BCUT2D eigenvalue weighted by Crippen LogP contribution is -2.39. The molecule has 0 bridgehead atoms. The summed E-state index contributed by atoms with van der Waals surface area (Å²) in [6, 6.07) is 6.76. The number of nitrogens with one attached hydrogen (secondary N) is 1. The summed E-state index contributed by atoms with van der Waals surface area (Å²) in [6.45, 7) is 6.39. The first-order chi connectivity index (χ1) is 8.04. The fourth-order valence-corrected chi connectivity index (χ4v) is 1.33. The third-order valence-corrected chi connectivity index (χ3v) is 2.45. The summed E-state index contributed by atoms with van der Waals surface area (Å²) < 4.78 is 5.31. The second-order valence-electron chi connectivity index (χ2n) is 4.22. The van der Waals surface area contributed by atoms with Crippen molar-refractivity contribution in [1.29, 1.82) is 0 Å². The van der Waals surface area contributed by atoms with Crippen molar-refractivity contribution in [3.05, 3.63) is 24.3 Å². The standard InChI is InChI=1S/C13H20N2O2/c1-4-17-11-7-5-10(6-8-11)15-13(16)12(14)9(2)3/h5-9,12H,4,14H2,1-3H3,(H,15,16)/t12-/m1/s1. The highest BCUT2D eigenvalue weighted by atomic mass is 16.5. The number of carbonyl (C=O) groups excluding carboxylic acids is 1. The second-order valence-corrected chi connectivity index (χ2v) is 4.22. The molecule has 1 amide bonds. The highest BCUT2D eigenvalue weighted by Crippen LogP contribution is 2.16. The van der Waals surface area contributed by atoms with Gasteiger partial charge >= 0.3 is 0 Å². The summed E-state index contributed by atoms with van der Waals surface area (Å²) in [5.41, 5.74) is 6.48. The van der Waals surface area contributed by atoms with E-state index in [1.54, 1.807) is 12.1 Å². The number of carbonyl (C=O) groups is 1. The second kappa shape index (κ2) is 6.25. The van der Waals surface area contributed by atoms with Crippen LogP contribution in [0, 0.1) is 5.92 Å². The molecule has 1 aromatic carbocycles. The van der Waals surface area contributed by atoms with Gasteiger partial charge < -0.3 is 15.8 Å². The predicted octanol–water partition coefficient (Wildman–Crippen LogP) is 2.01. The molecule has 94 valence electrons. The summed E-state index contributed by atoms with van der Waals surface area (Å²) in [4.78, 5) is 11.7. The molecule has 17 heavy (non-hydrogen) atoms. The largest absolute Gasteiger partial charge is 0.494 e. The molecule has 1 atom stereocenters. The molecule has 0 radical (unpaired) electrons. The average molecular weight is 236 g/mol. The van der Waals surface area contributed by atoms with Crippen molar-refractivity contribution in [2.45, 2.75) is 26.8 Å². The Labute approximate surface area is 102 Å².